The van der Waals surface area contributed by atoms with Gasteiger partial charge in [-0.15, -0.1) is 0 Å². The highest BCUT2D eigenvalue weighted by molar-refractivity contribution is 5.78. The molecule has 86 valence electrons. The van der Waals surface area contributed by atoms with Gasteiger partial charge in [-0.05, 0) is 39.7 Å². The maximum atomic E-state index is 11.3. The molecule has 4 nitrogen and oxygen atoms in total. The van der Waals surface area contributed by atoms with Crippen molar-refractivity contribution in [1.82, 2.24) is 10.2 Å². The van der Waals surface area contributed by atoms with Crippen LogP contribution in [0.2, 0.25) is 0 Å². The van der Waals surface area contributed by atoms with Crippen molar-refractivity contribution < 1.29 is 9.90 Å². The Morgan fingerprint density at radius 3 is 2.47 bits per heavy atom. The maximum Gasteiger partial charge on any atom is 0.324 e. The van der Waals surface area contributed by atoms with E-state index in [1.54, 1.807) is 6.92 Å². The SMILES string of the molecule is CN(CC(C)(NC1CC1)C(=O)O)C1CC1. The molecule has 2 rings (SSSR count). The van der Waals surface area contributed by atoms with Crippen LogP contribution in [0.25, 0.3) is 0 Å². The van der Waals surface area contributed by atoms with E-state index in [0.29, 0.717) is 18.6 Å². The highest BCUT2D eigenvalue weighted by Crippen LogP contribution is 2.28. The second-order valence-electron chi connectivity index (χ2n) is 5.20. The highest BCUT2D eigenvalue weighted by Gasteiger charge is 2.41. The van der Waals surface area contributed by atoms with Crippen LogP contribution in [0.5, 0.6) is 0 Å². The molecule has 0 saturated heterocycles. The second kappa shape index (κ2) is 3.76. The number of nitrogens with one attached hydrogen (secondary N) is 1. The van der Waals surface area contributed by atoms with Crippen LogP contribution in [0.4, 0.5) is 0 Å². The third kappa shape index (κ3) is 2.69. The molecule has 0 heterocycles. The van der Waals surface area contributed by atoms with Gasteiger partial charge in [0.2, 0.25) is 0 Å². The van der Waals surface area contributed by atoms with E-state index < -0.39 is 11.5 Å². The molecule has 1 unspecified atom stereocenters. The first-order valence-electron chi connectivity index (χ1n) is 5.72. The van der Waals surface area contributed by atoms with Crippen LogP contribution >= 0.6 is 0 Å². The summed E-state index contributed by atoms with van der Waals surface area (Å²) in [4.78, 5) is 13.4. The van der Waals surface area contributed by atoms with E-state index in [-0.39, 0.29) is 0 Å². The van der Waals surface area contributed by atoms with Gasteiger partial charge in [0.1, 0.15) is 5.54 Å². The van der Waals surface area contributed by atoms with Crippen LogP contribution in [0.3, 0.4) is 0 Å². The lowest BCUT2D eigenvalue weighted by atomic mass is 10.0. The largest absolute Gasteiger partial charge is 0.480 e. The van der Waals surface area contributed by atoms with E-state index in [9.17, 15) is 9.90 Å². The molecule has 2 aliphatic carbocycles. The Morgan fingerprint density at radius 2 is 2.07 bits per heavy atom. The number of carboxylic acids is 1. The number of hydrogen-bond acceptors (Lipinski definition) is 3. The molecule has 0 bridgehead atoms. The van der Waals surface area contributed by atoms with E-state index in [2.05, 4.69) is 10.2 Å². The average molecular weight is 212 g/mol. The van der Waals surface area contributed by atoms with Gasteiger partial charge in [0, 0.05) is 18.6 Å². The summed E-state index contributed by atoms with van der Waals surface area (Å²) < 4.78 is 0. The van der Waals surface area contributed by atoms with Gasteiger partial charge >= 0.3 is 5.97 Å². The maximum absolute atomic E-state index is 11.3. The first kappa shape index (κ1) is 10.9. The Balaban J connectivity index is 1.93. The standard InChI is InChI=1S/C11H20N2O2/c1-11(10(14)15,12-8-3-4-8)7-13(2)9-5-6-9/h8-9,12H,3-7H2,1-2H3,(H,14,15). The van der Waals surface area contributed by atoms with Crippen molar-refractivity contribution in [3.63, 3.8) is 0 Å². The molecule has 0 aliphatic heterocycles. The minimum atomic E-state index is -0.779. The summed E-state index contributed by atoms with van der Waals surface area (Å²) >= 11 is 0. The third-order valence-electron chi connectivity index (χ3n) is 3.31. The van der Waals surface area contributed by atoms with Crippen LogP contribution in [0.1, 0.15) is 32.6 Å². The van der Waals surface area contributed by atoms with E-state index in [4.69, 9.17) is 0 Å². The molecule has 2 fully saturated rings. The van der Waals surface area contributed by atoms with E-state index in [0.717, 1.165) is 12.8 Å². The number of rotatable bonds is 6. The van der Waals surface area contributed by atoms with Gasteiger partial charge in [-0.2, -0.15) is 0 Å². The highest BCUT2D eigenvalue weighted by atomic mass is 16.4. The third-order valence-corrected chi connectivity index (χ3v) is 3.31. The van der Waals surface area contributed by atoms with Gasteiger partial charge in [0.05, 0.1) is 0 Å². The van der Waals surface area contributed by atoms with Crippen molar-refractivity contribution in [2.75, 3.05) is 13.6 Å². The molecule has 2 aliphatic rings. The number of likely N-dealkylation sites (N-methyl/N-ethyl adjacent to an activating group) is 1. The summed E-state index contributed by atoms with van der Waals surface area (Å²) in [6.07, 6.45) is 4.68. The Hall–Kier alpha value is -0.610. The lowest BCUT2D eigenvalue weighted by molar-refractivity contribution is -0.145. The predicted octanol–water partition coefficient (Wildman–Crippen LogP) is 0.676. The lowest BCUT2D eigenvalue weighted by Crippen LogP contribution is -2.57. The second-order valence-corrected chi connectivity index (χ2v) is 5.20. The van der Waals surface area contributed by atoms with E-state index in [1.807, 2.05) is 7.05 Å². The summed E-state index contributed by atoms with van der Waals surface area (Å²) in [6, 6.07) is 1.04. The molecule has 1 atom stereocenters. The zero-order valence-electron chi connectivity index (χ0n) is 9.49. The predicted molar refractivity (Wildman–Crippen MR) is 57.9 cm³/mol. The van der Waals surface area contributed by atoms with Crippen LogP contribution < -0.4 is 5.32 Å². The van der Waals surface area contributed by atoms with Gasteiger partial charge in [-0.25, -0.2) is 0 Å². The summed E-state index contributed by atoms with van der Waals surface area (Å²) in [5, 5.41) is 12.5. The zero-order chi connectivity index (χ0) is 11.1. The molecule has 2 N–H and O–H groups in total. The smallest absolute Gasteiger partial charge is 0.324 e. The molecule has 0 aromatic carbocycles. The molecule has 0 aromatic heterocycles. The van der Waals surface area contributed by atoms with Crippen molar-refractivity contribution in [2.24, 2.45) is 0 Å². The Kier molecular flexibility index (Phi) is 2.73. The minimum Gasteiger partial charge on any atom is -0.480 e. The molecule has 0 aromatic rings. The summed E-state index contributed by atoms with van der Waals surface area (Å²) in [5.74, 6) is -0.734. The minimum absolute atomic E-state index is 0.429. The van der Waals surface area contributed by atoms with Crippen LogP contribution in [0.15, 0.2) is 0 Å². The van der Waals surface area contributed by atoms with Gasteiger partial charge in [-0.3, -0.25) is 10.1 Å². The zero-order valence-corrected chi connectivity index (χ0v) is 9.49. The van der Waals surface area contributed by atoms with Crippen molar-refractivity contribution >= 4 is 5.97 Å². The number of aliphatic carboxylic acids is 1. The van der Waals surface area contributed by atoms with Gasteiger partial charge in [0.25, 0.3) is 0 Å². The van der Waals surface area contributed by atoms with Crippen LogP contribution in [0, 0.1) is 0 Å². The Bertz CT molecular complexity index is 261. The number of hydrogen-bond donors (Lipinski definition) is 2. The fourth-order valence-corrected chi connectivity index (χ4v) is 2.00. The molecule has 2 saturated carbocycles. The Labute approximate surface area is 90.6 Å². The summed E-state index contributed by atoms with van der Waals surface area (Å²) in [6.45, 7) is 2.40. The van der Waals surface area contributed by atoms with Crippen molar-refractivity contribution in [1.29, 1.82) is 0 Å². The fraction of sp³-hybridized carbons (Fsp3) is 0.909. The van der Waals surface area contributed by atoms with Gasteiger partial charge in [-0.1, -0.05) is 0 Å². The van der Waals surface area contributed by atoms with E-state index >= 15 is 0 Å². The van der Waals surface area contributed by atoms with Crippen molar-refractivity contribution in [3.8, 4) is 0 Å². The van der Waals surface area contributed by atoms with Crippen molar-refractivity contribution in [3.05, 3.63) is 0 Å². The summed E-state index contributed by atoms with van der Waals surface area (Å²) in [5.41, 5.74) is -0.779. The summed E-state index contributed by atoms with van der Waals surface area (Å²) in [7, 11) is 2.02. The van der Waals surface area contributed by atoms with Gasteiger partial charge < -0.3 is 10.0 Å². The monoisotopic (exact) mass is 212 g/mol. The number of carbonyl (C=O) groups is 1. The quantitative estimate of drug-likeness (QED) is 0.679. The number of nitrogens with zero attached hydrogens (tertiary/aromatic N) is 1. The topological polar surface area (TPSA) is 52.6 Å². The van der Waals surface area contributed by atoms with Crippen LogP contribution in [-0.2, 0) is 4.79 Å². The van der Waals surface area contributed by atoms with Crippen LogP contribution in [-0.4, -0.2) is 47.2 Å². The van der Waals surface area contributed by atoms with Gasteiger partial charge in [0.15, 0.2) is 0 Å². The number of carboxylic acid groups (broad SMARTS) is 1. The first-order chi connectivity index (χ1) is 7.01. The molecule has 0 radical (unpaired) electrons. The molecule has 0 amide bonds. The molecule has 15 heavy (non-hydrogen) atoms. The normalized spacial score (nSPS) is 25.3. The lowest BCUT2D eigenvalue weighted by Gasteiger charge is -2.31. The first-order valence-corrected chi connectivity index (χ1v) is 5.72. The molecule has 0 spiro atoms. The average Bonchev–Trinajstić information content (AvgIpc) is 2.99. The molecular weight excluding hydrogens is 192 g/mol. The molecule has 4 heteroatoms. The molecular formula is C11H20N2O2. The van der Waals surface area contributed by atoms with Crippen molar-refractivity contribution in [2.45, 2.75) is 50.2 Å². The Morgan fingerprint density at radius 1 is 1.47 bits per heavy atom. The van der Waals surface area contributed by atoms with E-state index in [1.165, 1.54) is 12.8 Å². The fourth-order valence-electron chi connectivity index (χ4n) is 2.00.